The average molecular weight is 489 g/mol. The van der Waals surface area contributed by atoms with Gasteiger partial charge in [0.15, 0.2) is 5.17 Å². The molecule has 0 saturated carbocycles. The lowest BCUT2D eigenvalue weighted by molar-refractivity contribution is -0.384. The van der Waals surface area contributed by atoms with Crippen molar-refractivity contribution in [1.82, 2.24) is 9.88 Å². The molecule has 0 radical (unpaired) electrons. The smallest absolute Gasteiger partial charge is 0.270 e. The van der Waals surface area contributed by atoms with Crippen LogP contribution in [0.4, 0.5) is 10.8 Å². The molecule has 3 heterocycles. The Morgan fingerprint density at radius 3 is 2.68 bits per heavy atom. The Morgan fingerprint density at radius 1 is 1.09 bits per heavy atom. The number of thiazole rings is 1. The third-order valence-electron chi connectivity index (χ3n) is 5.00. The van der Waals surface area contributed by atoms with Crippen LogP contribution in [0.15, 0.2) is 86.4 Å². The fourth-order valence-corrected chi connectivity index (χ4v) is 4.98. The second-order valence-corrected chi connectivity index (χ2v) is 9.11. The quantitative estimate of drug-likeness (QED) is 0.188. The molecule has 5 rings (SSSR count). The zero-order valence-corrected chi connectivity index (χ0v) is 19.4. The van der Waals surface area contributed by atoms with Crippen molar-refractivity contribution in [2.24, 2.45) is 4.99 Å². The van der Waals surface area contributed by atoms with Crippen LogP contribution in [0.3, 0.4) is 0 Å². The molecular weight excluding hydrogens is 472 g/mol. The summed E-state index contributed by atoms with van der Waals surface area (Å²) in [6.45, 7) is 0. The summed E-state index contributed by atoms with van der Waals surface area (Å²) in [4.78, 5) is 34.4. The number of thioether (sulfide) groups is 1. The van der Waals surface area contributed by atoms with Crippen molar-refractivity contribution in [3.05, 3.63) is 92.9 Å². The van der Waals surface area contributed by atoms with Crippen molar-refractivity contribution >= 4 is 51.1 Å². The minimum atomic E-state index is -0.453. The fourth-order valence-electron chi connectivity index (χ4n) is 3.28. The van der Waals surface area contributed by atoms with Crippen LogP contribution >= 0.6 is 23.1 Å². The number of benzene rings is 2. The van der Waals surface area contributed by atoms with Gasteiger partial charge in [0.2, 0.25) is 5.13 Å². The van der Waals surface area contributed by atoms with Gasteiger partial charge in [-0.15, -0.1) is 11.3 Å². The van der Waals surface area contributed by atoms with E-state index in [2.05, 4.69) is 9.98 Å². The highest BCUT2D eigenvalue weighted by molar-refractivity contribution is 8.18. The molecule has 0 unspecified atom stereocenters. The topological polar surface area (TPSA) is 102 Å². The summed E-state index contributed by atoms with van der Waals surface area (Å²) in [5, 5.41) is 14.1. The zero-order chi connectivity index (χ0) is 23.7. The number of nitrogens with zero attached hydrogens (tertiary/aromatic N) is 4. The van der Waals surface area contributed by atoms with E-state index in [1.54, 1.807) is 37.4 Å². The van der Waals surface area contributed by atoms with Crippen LogP contribution in [-0.4, -0.2) is 32.9 Å². The summed E-state index contributed by atoms with van der Waals surface area (Å²) < 4.78 is 5.82. The molecule has 10 heteroatoms. The van der Waals surface area contributed by atoms with E-state index in [1.165, 1.54) is 40.1 Å². The third kappa shape index (κ3) is 4.41. The summed E-state index contributed by atoms with van der Waals surface area (Å²) in [7, 11) is 1.66. The molecule has 1 fully saturated rings. The van der Waals surface area contributed by atoms with Crippen LogP contribution in [0.5, 0.6) is 0 Å². The first kappa shape index (κ1) is 21.8. The summed E-state index contributed by atoms with van der Waals surface area (Å²) in [5.74, 6) is 0.744. The van der Waals surface area contributed by atoms with E-state index in [1.807, 2.05) is 35.7 Å². The first-order valence-corrected chi connectivity index (χ1v) is 11.8. The maximum Gasteiger partial charge on any atom is 0.270 e. The number of rotatable bonds is 5. The monoisotopic (exact) mass is 488 g/mol. The van der Waals surface area contributed by atoms with Crippen LogP contribution in [0.25, 0.3) is 28.7 Å². The van der Waals surface area contributed by atoms with E-state index in [-0.39, 0.29) is 11.6 Å². The number of amidine groups is 1. The number of aromatic nitrogens is 1. The standard InChI is InChI=1S/C24H16N4O4S2/c1-27-22(29)21(13-18-10-11-20(32-18)16-8-5-9-17(12-16)28(30)31)34-24(27)26-23-25-19(14-33-23)15-6-3-2-4-7-15/h2-14H,1H3/b21-13+,26-24+. The number of furan rings is 1. The van der Waals surface area contributed by atoms with Crippen molar-refractivity contribution in [3.63, 3.8) is 0 Å². The van der Waals surface area contributed by atoms with Gasteiger partial charge < -0.3 is 4.42 Å². The van der Waals surface area contributed by atoms with Gasteiger partial charge in [-0.05, 0) is 23.9 Å². The number of non-ortho nitro benzene ring substituents is 1. The normalized spacial score (nSPS) is 16.0. The Labute approximate surface area is 202 Å². The maximum absolute atomic E-state index is 12.8. The first-order chi connectivity index (χ1) is 16.5. The Hall–Kier alpha value is -4.02. The number of hydrogen-bond acceptors (Lipinski definition) is 8. The lowest BCUT2D eigenvalue weighted by Gasteiger charge is -2.05. The number of aliphatic imine (C=N–C) groups is 1. The summed E-state index contributed by atoms with van der Waals surface area (Å²) in [5.41, 5.74) is 2.41. The van der Waals surface area contributed by atoms with E-state index in [0.29, 0.717) is 32.3 Å². The number of nitro benzene ring substituents is 1. The molecule has 8 nitrogen and oxygen atoms in total. The van der Waals surface area contributed by atoms with Gasteiger partial charge >= 0.3 is 0 Å². The van der Waals surface area contributed by atoms with Gasteiger partial charge in [-0.25, -0.2) is 4.98 Å². The number of hydrogen-bond donors (Lipinski definition) is 0. The van der Waals surface area contributed by atoms with Crippen molar-refractivity contribution in [2.75, 3.05) is 7.05 Å². The second kappa shape index (κ2) is 9.08. The molecule has 1 aliphatic rings. The molecule has 4 aromatic rings. The molecule has 2 aromatic carbocycles. The number of amides is 1. The maximum atomic E-state index is 12.8. The molecular formula is C24H16N4O4S2. The minimum absolute atomic E-state index is 0.0181. The summed E-state index contributed by atoms with van der Waals surface area (Å²) >= 11 is 2.65. The van der Waals surface area contributed by atoms with Crippen LogP contribution in [0.2, 0.25) is 0 Å². The zero-order valence-electron chi connectivity index (χ0n) is 17.7. The van der Waals surface area contributed by atoms with Gasteiger partial charge in [0.05, 0.1) is 15.5 Å². The van der Waals surface area contributed by atoms with Gasteiger partial charge in [-0.1, -0.05) is 42.5 Å². The SMILES string of the molecule is CN1C(=O)/C(=C\c2ccc(-c3cccc([N+](=O)[O-])c3)o2)S/C1=N/c1nc(-c2ccccc2)cs1. The molecule has 0 N–H and O–H groups in total. The van der Waals surface area contributed by atoms with E-state index < -0.39 is 4.92 Å². The number of carbonyl (C=O) groups excluding carboxylic acids is 1. The van der Waals surface area contributed by atoms with Gasteiger partial charge in [0, 0.05) is 41.8 Å². The Kier molecular flexibility index (Phi) is 5.83. The highest BCUT2D eigenvalue weighted by Crippen LogP contribution is 2.35. The van der Waals surface area contributed by atoms with Gasteiger partial charge in [0.1, 0.15) is 11.5 Å². The van der Waals surface area contributed by atoms with Crippen LogP contribution < -0.4 is 0 Å². The number of likely N-dealkylation sites (N-methyl/N-ethyl adjacent to an activating group) is 1. The predicted molar refractivity (Wildman–Crippen MR) is 134 cm³/mol. The van der Waals surface area contributed by atoms with Crippen molar-refractivity contribution < 1.29 is 14.1 Å². The molecule has 0 bridgehead atoms. The molecule has 34 heavy (non-hydrogen) atoms. The molecule has 0 atom stereocenters. The van der Waals surface area contributed by atoms with Crippen LogP contribution in [-0.2, 0) is 4.79 Å². The number of nitro groups is 1. The molecule has 2 aromatic heterocycles. The molecule has 1 saturated heterocycles. The van der Waals surface area contributed by atoms with E-state index in [0.717, 1.165) is 11.3 Å². The third-order valence-corrected chi connectivity index (χ3v) is 6.79. The van der Waals surface area contributed by atoms with Crippen molar-refractivity contribution in [3.8, 4) is 22.6 Å². The molecule has 1 amide bonds. The summed E-state index contributed by atoms with van der Waals surface area (Å²) in [6, 6.07) is 19.5. The lowest BCUT2D eigenvalue weighted by atomic mass is 10.1. The van der Waals surface area contributed by atoms with Crippen molar-refractivity contribution in [1.29, 1.82) is 0 Å². The largest absolute Gasteiger partial charge is 0.457 e. The predicted octanol–water partition coefficient (Wildman–Crippen LogP) is 6.21. The average Bonchev–Trinajstić information content (AvgIpc) is 3.58. The van der Waals surface area contributed by atoms with Gasteiger partial charge in [-0.3, -0.25) is 19.8 Å². The molecule has 168 valence electrons. The highest BCUT2D eigenvalue weighted by Gasteiger charge is 2.31. The molecule has 1 aliphatic heterocycles. The first-order valence-electron chi connectivity index (χ1n) is 10.1. The highest BCUT2D eigenvalue weighted by atomic mass is 32.2. The van der Waals surface area contributed by atoms with Gasteiger partial charge in [-0.2, -0.15) is 4.99 Å². The molecule has 0 spiro atoms. The molecule has 0 aliphatic carbocycles. The Balaban J connectivity index is 1.37. The van der Waals surface area contributed by atoms with Crippen LogP contribution in [0, 0.1) is 10.1 Å². The fraction of sp³-hybridized carbons (Fsp3) is 0.0417. The van der Waals surface area contributed by atoms with E-state index in [9.17, 15) is 14.9 Å². The van der Waals surface area contributed by atoms with E-state index >= 15 is 0 Å². The Morgan fingerprint density at radius 2 is 1.88 bits per heavy atom. The van der Waals surface area contributed by atoms with Crippen LogP contribution in [0.1, 0.15) is 5.76 Å². The van der Waals surface area contributed by atoms with E-state index in [4.69, 9.17) is 4.42 Å². The number of carbonyl (C=O) groups is 1. The minimum Gasteiger partial charge on any atom is -0.457 e. The van der Waals surface area contributed by atoms with Gasteiger partial charge in [0.25, 0.3) is 11.6 Å². The Bertz CT molecular complexity index is 1460. The second-order valence-electron chi connectivity index (χ2n) is 7.26. The van der Waals surface area contributed by atoms with Crippen molar-refractivity contribution in [2.45, 2.75) is 0 Å². The lowest BCUT2D eigenvalue weighted by Crippen LogP contribution is -2.23. The summed E-state index contributed by atoms with van der Waals surface area (Å²) in [6.07, 6.45) is 1.64.